The van der Waals surface area contributed by atoms with Crippen LogP contribution < -0.4 is 5.32 Å². The van der Waals surface area contributed by atoms with Crippen LogP contribution in [-0.2, 0) is 16.8 Å². The lowest BCUT2D eigenvalue weighted by atomic mass is 9.84. The first-order valence-corrected chi connectivity index (χ1v) is 10.1. The Bertz CT molecular complexity index is 1050. The Morgan fingerprint density at radius 3 is 1.97 bits per heavy atom. The third-order valence-electron chi connectivity index (χ3n) is 5.27. The quantitative estimate of drug-likeness (QED) is 0.458. The summed E-state index contributed by atoms with van der Waals surface area (Å²) < 4.78 is 5.83. The molecule has 0 radical (unpaired) electrons. The van der Waals surface area contributed by atoms with Gasteiger partial charge in [0.05, 0.1) is 11.7 Å². The summed E-state index contributed by atoms with van der Waals surface area (Å²) in [5.74, 6) is 1.22. The fourth-order valence-corrected chi connectivity index (χ4v) is 3.58. The van der Waals surface area contributed by atoms with E-state index in [-0.39, 0.29) is 5.91 Å². The minimum absolute atomic E-state index is 0.0512. The Kier molecular flexibility index (Phi) is 5.75. The van der Waals surface area contributed by atoms with Crippen LogP contribution in [0, 0.1) is 0 Å². The van der Waals surface area contributed by atoms with Gasteiger partial charge in [-0.1, -0.05) is 91.0 Å². The molecule has 0 aliphatic carbocycles. The Labute approximate surface area is 176 Å². The second-order valence-corrected chi connectivity index (χ2v) is 7.39. The van der Waals surface area contributed by atoms with Gasteiger partial charge in [-0.25, -0.2) is 4.98 Å². The van der Waals surface area contributed by atoms with Crippen LogP contribution in [0.1, 0.15) is 30.4 Å². The summed E-state index contributed by atoms with van der Waals surface area (Å²) in [4.78, 5) is 17.2. The topological polar surface area (TPSA) is 55.1 Å². The lowest BCUT2D eigenvalue weighted by Crippen LogP contribution is -2.44. The smallest absolute Gasteiger partial charge is 0.221 e. The van der Waals surface area contributed by atoms with E-state index in [4.69, 9.17) is 4.42 Å². The Morgan fingerprint density at radius 2 is 1.40 bits per heavy atom. The van der Waals surface area contributed by atoms with Gasteiger partial charge >= 0.3 is 0 Å². The van der Waals surface area contributed by atoms with Crippen LogP contribution in [0.2, 0.25) is 0 Å². The second-order valence-electron chi connectivity index (χ2n) is 7.39. The zero-order valence-corrected chi connectivity index (χ0v) is 16.9. The number of nitrogens with one attached hydrogen (secondary N) is 1. The van der Waals surface area contributed by atoms with Crippen LogP contribution in [0.5, 0.6) is 0 Å². The van der Waals surface area contributed by atoms with E-state index in [1.807, 2.05) is 97.9 Å². The molecule has 0 bridgehead atoms. The number of aromatic nitrogens is 1. The maximum absolute atomic E-state index is 12.9. The zero-order chi connectivity index (χ0) is 20.8. The number of aryl methyl sites for hydroxylation is 1. The first-order valence-electron chi connectivity index (χ1n) is 10.1. The summed E-state index contributed by atoms with van der Waals surface area (Å²) in [5, 5.41) is 3.23. The lowest BCUT2D eigenvalue weighted by molar-refractivity contribution is -0.122. The van der Waals surface area contributed by atoms with Crippen molar-refractivity contribution in [3.05, 3.63) is 114 Å². The molecule has 0 unspecified atom stereocenters. The molecule has 1 N–H and O–H groups in total. The molecule has 0 saturated carbocycles. The predicted molar refractivity (Wildman–Crippen MR) is 118 cm³/mol. The van der Waals surface area contributed by atoms with Crippen molar-refractivity contribution in [1.82, 2.24) is 10.3 Å². The number of amides is 1. The fraction of sp³-hybridized carbons (Fsp3) is 0.154. The minimum Gasteiger partial charge on any atom is -0.441 e. The van der Waals surface area contributed by atoms with Crippen LogP contribution in [-0.4, -0.2) is 10.9 Å². The second kappa shape index (κ2) is 8.78. The molecule has 3 aromatic carbocycles. The van der Waals surface area contributed by atoms with Crippen LogP contribution in [0.4, 0.5) is 0 Å². The van der Waals surface area contributed by atoms with Crippen molar-refractivity contribution in [2.45, 2.75) is 25.3 Å². The van der Waals surface area contributed by atoms with Crippen molar-refractivity contribution in [1.29, 1.82) is 0 Å². The summed E-state index contributed by atoms with van der Waals surface area (Å²) in [7, 11) is 0. The number of carbonyl (C=O) groups excluding carboxylic acids is 1. The van der Waals surface area contributed by atoms with Gasteiger partial charge < -0.3 is 9.73 Å². The Morgan fingerprint density at radius 1 is 0.867 bits per heavy atom. The van der Waals surface area contributed by atoms with Crippen molar-refractivity contribution in [3.8, 4) is 11.3 Å². The lowest BCUT2D eigenvalue weighted by Gasteiger charge is -2.32. The molecule has 150 valence electrons. The van der Waals surface area contributed by atoms with Crippen LogP contribution in [0.15, 0.2) is 102 Å². The summed E-state index contributed by atoms with van der Waals surface area (Å²) in [5.41, 5.74) is 2.42. The average Bonchev–Trinajstić information content (AvgIpc) is 3.29. The molecule has 0 atom stereocenters. The molecule has 4 aromatic rings. The Balaban J connectivity index is 1.47. The molecule has 4 heteroatoms. The molecular weight excluding hydrogens is 372 g/mol. The van der Waals surface area contributed by atoms with Crippen molar-refractivity contribution >= 4 is 5.91 Å². The van der Waals surface area contributed by atoms with Gasteiger partial charge in [-0.05, 0) is 18.1 Å². The van der Waals surface area contributed by atoms with Gasteiger partial charge in [0.1, 0.15) is 0 Å². The fourth-order valence-electron chi connectivity index (χ4n) is 3.58. The average molecular weight is 396 g/mol. The highest BCUT2D eigenvalue weighted by Gasteiger charge is 2.30. The summed E-state index contributed by atoms with van der Waals surface area (Å²) >= 11 is 0. The maximum atomic E-state index is 12.9. The molecule has 1 heterocycles. The molecule has 4 rings (SSSR count). The van der Waals surface area contributed by atoms with Crippen molar-refractivity contribution in [2.75, 3.05) is 0 Å². The summed E-state index contributed by atoms with van der Waals surface area (Å²) in [6, 6.07) is 29.9. The standard InChI is InChI=1S/C26H24N2O2/c1-26(21-13-7-3-8-14-21,22-15-9-4-10-16-22)28-24(29)17-18-25-27-19-23(30-25)20-11-5-2-6-12-20/h2-16,19H,17-18H2,1H3,(H,28,29). The molecule has 0 spiro atoms. The van der Waals surface area contributed by atoms with E-state index >= 15 is 0 Å². The van der Waals surface area contributed by atoms with Crippen molar-refractivity contribution in [3.63, 3.8) is 0 Å². The normalized spacial score (nSPS) is 11.2. The number of rotatable bonds is 7. The SMILES string of the molecule is CC(NC(=O)CCc1ncc(-c2ccccc2)o1)(c1ccccc1)c1ccccc1. The van der Waals surface area contributed by atoms with Crippen LogP contribution in [0.25, 0.3) is 11.3 Å². The van der Waals surface area contributed by atoms with E-state index in [2.05, 4.69) is 10.3 Å². The third kappa shape index (κ3) is 4.33. The van der Waals surface area contributed by atoms with E-state index in [0.29, 0.717) is 24.5 Å². The van der Waals surface area contributed by atoms with Gasteiger partial charge in [0.2, 0.25) is 5.91 Å². The number of benzene rings is 3. The summed E-state index contributed by atoms with van der Waals surface area (Å²) in [6.07, 6.45) is 2.45. The number of oxazole rings is 1. The van der Waals surface area contributed by atoms with E-state index < -0.39 is 5.54 Å². The minimum atomic E-state index is -0.620. The van der Waals surface area contributed by atoms with Crippen LogP contribution in [0.3, 0.4) is 0 Å². The van der Waals surface area contributed by atoms with Gasteiger partial charge in [0.25, 0.3) is 0 Å². The summed E-state index contributed by atoms with van der Waals surface area (Å²) in [6.45, 7) is 2.04. The number of nitrogens with zero attached hydrogens (tertiary/aromatic N) is 1. The number of hydrogen-bond donors (Lipinski definition) is 1. The van der Waals surface area contributed by atoms with Crippen molar-refractivity contribution < 1.29 is 9.21 Å². The van der Waals surface area contributed by atoms with Gasteiger partial charge in [-0.3, -0.25) is 4.79 Å². The van der Waals surface area contributed by atoms with Crippen LogP contribution >= 0.6 is 0 Å². The predicted octanol–water partition coefficient (Wildman–Crippen LogP) is 5.35. The van der Waals surface area contributed by atoms with Gasteiger partial charge in [0.15, 0.2) is 11.7 Å². The molecule has 0 fully saturated rings. The van der Waals surface area contributed by atoms with E-state index in [9.17, 15) is 4.79 Å². The molecule has 1 aromatic heterocycles. The first kappa shape index (κ1) is 19.6. The number of carbonyl (C=O) groups is 1. The first-order chi connectivity index (χ1) is 14.6. The number of hydrogen-bond acceptors (Lipinski definition) is 3. The van der Waals surface area contributed by atoms with E-state index in [0.717, 1.165) is 16.7 Å². The largest absolute Gasteiger partial charge is 0.441 e. The molecule has 4 nitrogen and oxygen atoms in total. The van der Waals surface area contributed by atoms with E-state index in [1.165, 1.54) is 0 Å². The highest BCUT2D eigenvalue weighted by Crippen LogP contribution is 2.29. The molecular formula is C26H24N2O2. The maximum Gasteiger partial charge on any atom is 0.221 e. The monoisotopic (exact) mass is 396 g/mol. The highest BCUT2D eigenvalue weighted by atomic mass is 16.4. The van der Waals surface area contributed by atoms with Gasteiger partial charge in [-0.2, -0.15) is 0 Å². The molecule has 0 aliphatic rings. The third-order valence-corrected chi connectivity index (χ3v) is 5.27. The van der Waals surface area contributed by atoms with Gasteiger partial charge in [0, 0.05) is 18.4 Å². The molecule has 0 aliphatic heterocycles. The zero-order valence-electron chi connectivity index (χ0n) is 16.9. The van der Waals surface area contributed by atoms with Crippen molar-refractivity contribution in [2.24, 2.45) is 0 Å². The highest BCUT2D eigenvalue weighted by molar-refractivity contribution is 5.78. The van der Waals surface area contributed by atoms with Gasteiger partial charge in [-0.15, -0.1) is 0 Å². The molecule has 30 heavy (non-hydrogen) atoms. The van der Waals surface area contributed by atoms with E-state index in [1.54, 1.807) is 6.20 Å². The molecule has 0 saturated heterocycles. The Hall–Kier alpha value is -3.66. The molecule has 1 amide bonds.